The molecule has 0 radical (unpaired) electrons. The number of nitrogens with zero attached hydrogens (tertiary/aromatic N) is 2. The molecule has 48 heavy (non-hydrogen) atoms. The lowest BCUT2D eigenvalue weighted by Gasteiger charge is -2.31. The van der Waals surface area contributed by atoms with Crippen molar-refractivity contribution in [2.45, 2.75) is 71.1 Å². The summed E-state index contributed by atoms with van der Waals surface area (Å²) in [7, 11) is 7.83. The van der Waals surface area contributed by atoms with E-state index in [2.05, 4.69) is 31.8 Å². The fraction of sp³-hybridized carbons (Fsp3) is 0.568. The zero-order chi connectivity index (χ0) is 35.1. The predicted octanol–water partition coefficient (Wildman–Crippen LogP) is 4.33. The molecule has 11 heteroatoms. The summed E-state index contributed by atoms with van der Waals surface area (Å²) in [5.41, 5.74) is 1.74. The molecule has 11 nitrogen and oxygen atoms in total. The van der Waals surface area contributed by atoms with Crippen LogP contribution in [0.15, 0.2) is 54.6 Å². The van der Waals surface area contributed by atoms with Crippen LogP contribution < -0.4 is 15.4 Å². The topological polar surface area (TPSA) is 123 Å². The molecule has 1 heterocycles. The van der Waals surface area contributed by atoms with Crippen molar-refractivity contribution in [1.29, 1.82) is 0 Å². The molecule has 0 bridgehead atoms. The summed E-state index contributed by atoms with van der Waals surface area (Å²) in [5.74, 6) is -0.659. The third-order valence-electron chi connectivity index (χ3n) is 8.33. The SMILES string of the molecule is COC(=O)C(CC(C)C)NC(=O)C(Cc1ccccc1)NC(=O)C1CCN(C(=O)OCc2ccc(OCCCC[N+](C)(C)C)cc2)CC1. The number of methoxy groups -OCH3 is 1. The van der Waals surface area contributed by atoms with Crippen LogP contribution in [-0.4, -0.2) is 99.8 Å². The number of carbonyl (C=O) groups excluding carboxylic acids is 4. The molecule has 0 spiro atoms. The molecular formula is C37H55N4O7+. The van der Waals surface area contributed by atoms with Gasteiger partial charge in [-0.15, -0.1) is 0 Å². The minimum atomic E-state index is -0.883. The molecule has 0 aromatic heterocycles. The first-order chi connectivity index (χ1) is 22.8. The van der Waals surface area contributed by atoms with E-state index >= 15 is 0 Å². The number of nitrogens with one attached hydrogen (secondary N) is 2. The van der Waals surface area contributed by atoms with Crippen molar-refractivity contribution in [2.24, 2.45) is 11.8 Å². The van der Waals surface area contributed by atoms with E-state index in [9.17, 15) is 19.2 Å². The molecule has 2 aromatic rings. The Balaban J connectivity index is 1.47. The maximum Gasteiger partial charge on any atom is 0.410 e. The van der Waals surface area contributed by atoms with Gasteiger partial charge >= 0.3 is 12.1 Å². The Bertz CT molecular complexity index is 1300. The van der Waals surface area contributed by atoms with Gasteiger partial charge in [-0.2, -0.15) is 0 Å². The van der Waals surface area contributed by atoms with Crippen LogP contribution in [0.3, 0.4) is 0 Å². The molecule has 0 saturated carbocycles. The first-order valence-electron chi connectivity index (χ1n) is 17.0. The number of ether oxygens (including phenoxy) is 3. The number of hydrogen-bond acceptors (Lipinski definition) is 7. The Morgan fingerprint density at radius 2 is 1.54 bits per heavy atom. The van der Waals surface area contributed by atoms with E-state index in [4.69, 9.17) is 14.2 Å². The lowest BCUT2D eigenvalue weighted by atomic mass is 9.95. The number of benzene rings is 2. The molecule has 2 aromatic carbocycles. The number of carbonyl (C=O) groups is 4. The summed E-state index contributed by atoms with van der Waals surface area (Å²) >= 11 is 0. The van der Waals surface area contributed by atoms with E-state index in [1.807, 2.05) is 68.4 Å². The smallest absolute Gasteiger partial charge is 0.410 e. The van der Waals surface area contributed by atoms with Crippen molar-refractivity contribution >= 4 is 23.9 Å². The van der Waals surface area contributed by atoms with Gasteiger partial charge in [0.25, 0.3) is 0 Å². The van der Waals surface area contributed by atoms with Gasteiger partial charge in [-0.05, 0) is 61.3 Å². The molecule has 2 unspecified atom stereocenters. The number of hydrogen-bond donors (Lipinski definition) is 2. The molecule has 1 fully saturated rings. The van der Waals surface area contributed by atoms with Crippen LogP contribution in [0.4, 0.5) is 4.79 Å². The van der Waals surface area contributed by atoms with E-state index in [1.165, 1.54) is 7.11 Å². The number of rotatable bonds is 17. The zero-order valence-electron chi connectivity index (χ0n) is 29.5. The first kappa shape index (κ1) is 38.3. The van der Waals surface area contributed by atoms with Gasteiger partial charge in [-0.3, -0.25) is 9.59 Å². The molecule has 2 N–H and O–H groups in total. The number of esters is 1. The summed E-state index contributed by atoms with van der Waals surface area (Å²) in [5, 5.41) is 5.71. The molecule has 1 aliphatic rings. The van der Waals surface area contributed by atoms with Gasteiger partial charge in [-0.25, -0.2) is 9.59 Å². The largest absolute Gasteiger partial charge is 0.494 e. The van der Waals surface area contributed by atoms with Gasteiger partial charge < -0.3 is 34.2 Å². The summed E-state index contributed by atoms with van der Waals surface area (Å²) in [6.07, 6.45) is 3.24. The second-order valence-corrected chi connectivity index (χ2v) is 14.0. The number of unbranched alkanes of at least 4 members (excludes halogenated alkanes) is 1. The Kier molecular flexibility index (Phi) is 15.2. The van der Waals surface area contributed by atoms with Crippen molar-refractivity contribution in [3.8, 4) is 5.75 Å². The van der Waals surface area contributed by atoms with Crippen LogP contribution in [0.2, 0.25) is 0 Å². The van der Waals surface area contributed by atoms with Crippen molar-refractivity contribution in [3.05, 3.63) is 65.7 Å². The summed E-state index contributed by atoms with van der Waals surface area (Å²) in [6, 6.07) is 15.3. The Hall–Kier alpha value is -4.12. The first-order valence-corrected chi connectivity index (χ1v) is 17.0. The maximum absolute atomic E-state index is 13.4. The third kappa shape index (κ3) is 13.5. The number of piperidine rings is 1. The molecule has 264 valence electrons. The van der Waals surface area contributed by atoms with Gasteiger partial charge in [0.1, 0.15) is 24.4 Å². The van der Waals surface area contributed by atoms with E-state index in [0.29, 0.717) is 39.0 Å². The quantitative estimate of drug-likeness (QED) is 0.146. The second kappa shape index (κ2) is 19.0. The van der Waals surface area contributed by atoms with Crippen molar-refractivity contribution in [1.82, 2.24) is 15.5 Å². The average Bonchev–Trinajstić information content (AvgIpc) is 3.06. The number of quaternary nitrogens is 1. The fourth-order valence-corrected chi connectivity index (χ4v) is 5.57. The van der Waals surface area contributed by atoms with Gasteiger partial charge in [0.2, 0.25) is 11.8 Å². The molecular weight excluding hydrogens is 612 g/mol. The highest BCUT2D eigenvalue weighted by atomic mass is 16.6. The zero-order valence-corrected chi connectivity index (χ0v) is 29.5. The fourth-order valence-electron chi connectivity index (χ4n) is 5.57. The lowest BCUT2D eigenvalue weighted by Crippen LogP contribution is -2.54. The molecule has 3 amide bonds. The Labute approximate surface area is 285 Å². The van der Waals surface area contributed by atoms with E-state index in [-0.39, 0.29) is 30.8 Å². The summed E-state index contributed by atoms with van der Waals surface area (Å²) in [6.45, 7) is 6.55. The summed E-state index contributed by atoms with van der Waals surface area (Å²) in [4.78, 5) is 53.6. The van der Waals surface area contributed by atoms with Crippen LogP contribution in [0.5, 0.6) is 5.75 Å². The highest BCUT2D eigenvalue weighted by Gasteiger charge is 2.32. The number of likely N-dealkylation sites (tertiary alicyclic amines) is 1. The van der Waals surface area contributed by atoms with Gasteiger partial charge in [-0.1, -0.05) is 56.3 Å². The second-order valence-electron chi connectivity index (χ2n) is 14.0. The van der Waals surface area contributed by atoms with Crippen LogP contribution in [0.1, 0.15) is 57.1 Å². The Morgan fingerprint density at radius 3 is 2.15 bits per heavy atom. The molecule has 3 rings (SSSR count). The highest BCUT2D eigenvalue weighted by molar-refractivity contribution is 5.91. The van der Waals surface area contributed by atoms with E-state index in [0.717, 1.165) is 40.7 Å². The van der Waals surface area contributed by atoms with Crippen molar-refractivity contribution < 1.29 is 37.9 Å². The Morgan fingerprint density at radius 1 is 0.875 bits per heavy atom. The third-order valence-corrected chi connectivity index (χ3v) is 8.33. The van der Waals surface area contributed by atoms with Crippen LogP contribution in [0, 0.1) is 11.8 Å². The predicted molar refractivity (Wildman–Crippen MR) is 184 cm³/mol. The lowest BCUT2D eigenvalue weighted by molar-refractivity contribution is -0.870. The van der Waals surface area contributed by atoms with Crippen molar-refractivity contribution in [2.75, 3.05) is 54.5 Å². The summed E-state index contributed by atoms with van der Waals surface area (Å²) < 4.78 is 17.2. The maximum atomic E-state index is 13.4. The van der Waals surface area contributed by atoms with Gasteiger partial charge in [0.05, 0.1) is 41.4 Å². The molecule has 1 saturated heterocycles. The minimum absolute atomic E-state index is 0.142. The van der Waals surface area contributed by atoms with E-state index in [1.54, 1.807) is 4.90 Å². The van der Waals surface area contributed by atoms with Crippen LogP contribution >= 0.6 is 0 Å². The molecule has 1 aliphatic heterocycles. The molecule has 2 atom stereocenters. The normalized spacial score (nSPS) is 14.9. The van der Waals surface area contributed by atoms with Crippen LogP contribution in [0.25, 0.3) is 0 Å². The minimum Gasteiger partial charge on any atom is -0.494 e. The molecule has 0 aliphatic carbocycles. The number of amides is 3. The van der Waals surface area contributed by atoms with E-state index < -0.39 is 30.1 Å². The highest BCUT2D eigenvalue weighted by Crippen LogP contribution is 2.20. The standard InChI is InChI=1S/C37H54N4O7/c1-27(2)24-33(36(44)46-6)39-35(43)32(25-28-12-8-7-9-13-28)38-34(42)30-18-20-40(21-19-30)37(45)48-26-29-14-16-31(17-15-29)47-23-11-10-22-41(3,4)5/h7-9,12-17,27,30,32-33H,10-11,18-26H2,1-6H3,(H-,38,39,42,43)/p+1. The monoisotopic (exact) mass is 667 g/mol. The average molecular weight is 668 g/mol. The van der Waals surface area contributed by atoms with Gasteiger partial charge in [0.15, 0.2) is 0 Å². The van der Waals surface area contributed by atoms with Crippen molar-refractivity contribution in [3.63, 3.8) is 0 Å². The van der Waals surface area contributed by atoms with Gasteiger partial charge in [0, 0.05) is 25.4 Å². The van der Waals surface area contributed by atoms with Crippen LogP contribution in [-0.2, 0) is 36.9 Å².